The maximum Gasteiger partial charge on any atom is 0.327 e. The minimum Gasteiger partial charge on any atom is -0.480 e. The average molecular weight is 376 g/mol. The molecule has 114 valence electrons. The van der Waals surface area contributed by atoms with Gasteiger partial charge in [0.1, 0.15) is 11.9 Å². The molecule has 4 nitrogen and oxygen atoms in total. The molecule has 1 saturated heterocycles. The van der Waals surface area contributed by atoms with Gasteiger partial charge in [-0.15, -0.1) is 11.8 Å². The highest BCUT2D eigenvalue weighted by Crippen LogP contribution is 2.36. The van der Waals surface area contributed by atoms with Crippen LogP contribution in [0.25, 0.3) is 0 Å². The lowest BCUT2D eigenvalue weighted by Crippen LogP contribution is -2.47. The van der Waals surface area contributed by atoms with Crippen molar-refractivity contribution in [2.45, 2.75) is 25.3 Å². The molecule has 2 atom stereocenters. The van der Waals surface area contributed by atoms with Gasteiger partial charge in [-0.2, -0.15) is 0 Å². The van der Waals surface area contributed by atoms with Crippen molar-refractivity contribution < 1.29 is 19.1 Å². The van der Waals surface area contributed by atoms with Crippen LogP contribution in [0.2, 0.25) is 0 Å². The molecule has 7 heteroatoms. The molecule has 1 heterocycles. The number of amides is 1. The fourth-order valence-electron chi connectivity index (χ4n) is 2.30. The number of nitrogens with zero attached hydrogens (tertiary/aromatic N) is 1. The van der Waals surface area contributed by atoms with Gasteiger partial charge in [-0.05, 0) is 34.0 Å². The van der Waals surface area contributed by atoms with E-state index in [-0.39, 0.29) is 21.3 Å². The van der Waals surface area contributed by atoms with Crippen LogP contribution in [0.3, 0.4) is 0 Å². The van der Waals surface area contributed by atoms with Gasteiger partial charge in [0, 0.05) is 5.75 Å². The van der Waals surface area contributed by atoms with Gasteiger partial charge in [0.15, 0.2) is 0 Å². The maximum atomic E-state index is 14.1. The molecule has 2 unspecified atom stereocenters. The van der Waals surface area contributed by atoms with E-state index < -0.39 is 23.7 Å². The Morgan fingerprint density at radius 2 is 2.14 bits per heavy atom. The predicted octanol–water partition coefficient (Wildman–Crippen LogP) is 3.21. The van der Waals surface area contributed by atoms with Gasteiger partial charge in [-0.1, -0.05) is 19.9 Å². The third-order valence-corrected chi connectivity index (χ3v) is 5.54. The summed E-state index contributed by atoms with van der Waals surface area (Å²) < 4.78 is 14.3. The van der Waals surface area contributed by atoms with Crippen LogP contribution < -0.4 is 0 Å². The number of carbonyl (C=O) groups is 2. The molecule has 2 rings (SSSR count). The number of hydrogen-bond donors (Lipinski definition) is 1. The van der Waals surface area contributed by atoms with Crippen molar-refractivity contribution in [1.82, 2.24) is 4.90 Å². The Morgan fingerprint density at radius 1 is 1.48 bits per heavy atom. The van der Waals surface area contributed by atoms with Crippen LogP contribution in [0.1, 0.15) is 24.2 Å². The summed E-state index contributed by atoms with van der Waals surface area (Å²) in [6.45, 7) is 3.83. The zero-order chi connectivity index (χ0) is 15.7. The molecule has 21 heavy (non-hydrogen) atoms. The van der Waals surface area contributed by atoms with Crippen molar-refractivity contribution in [3.05, 3.63) is 34.1 Å². The smallest absolute Gasteiger partial charge is 0.327 e. The third kappa shape index (κ3) is 3.08. The number of carboxylic acid groups (broad SMARTS) is 1. The Labute approximate surface area is 134 Å². The van der Waals surface area contributed by atoms with Gasteiger partial charge in [0.05, 0.1) is 15.4 Å². The first-order chi connectivity index (χ1) is 9.84. The fourth-order valence-corrected chi connectivity index (χ4v) is 4.13. The van der Waals surface area contributed by atoms with Crippen molar-refractivity contribution >= 4 is 39.6 Å². The molecule has 1 fully saturated rings. The molecule has 1 aliphatic rings. The summed E-state index contributed by atoms with van der Waals surface area (Å²) in [5, 5.41) is 9.03. The second-order valence-electron chi connectivity index (χ2n) is 5.14. The number of aliphatic carboxylic acids is 1. The van der Waals surface area contributed by atoms with Gasteiger partial charge in [-0.25, -0.2) is 9.18 Å². The molecule has 1 aliphatic heterocycles. The first kappa shape index (κ1) is 16.3. The summed E-state index contributed by atoms with van der Waals surface area (Å²) >= 11 is 4.46. The van der Waals surface area contributed by atoms with Crippen LogP contribution in [0, 0.1) is 11.7 Å². The Kier molecular flexibility index (Phi) is 4.93. The Morgan fingerprint density at radius 3 is 2.71 bits per heavy atom. The van der Waals surface area contributed by atoms with E-state index in [0.717, 1.165) is 0 Å². The highest BCUT2D eigenvalue weighted by molar-refractivity contribution is 9.10. The van der Waals surface area contributed by atoms with Gasteiger partial charge < -0.3 is 10.0 Å². The number of halogens is 2. The van der Waals surface area contributed by atoms with Crippen molar-refractivity contribution in [3.63, 3.8) is 0 Å². The van der Waals surface area contributed by atoms with Gasteiger partial charge >= 0.3 is 5.97 Å². The maximum absolute atomic E-state index is 14.1. The SMILES string of the molecule is CC(C)C1SCC(C(=O)O)N1C(=O)c1cccc(Br)c1F. The molecule has 1 aromatic carbocycles. The van der Waals surface area contributed by atoms with Gasteiger partial charge in [-0.3, -0.25) is 4.79 Å². The Hall–Kier alpha value is -1.08. The Bertz CT molecular complexity index is 581. The van der Waals surface area contributed by atoms with Crippen molar-refractivity contribution in [1.29, 1.82) is 0 Å². The molecule has 0 spiro atoms. The van der Waals surface area contributed by atoms with Gasteiger partial charge in [0.2, 0.25) is 0 Å². The third-order valence-electron chi connectivity index (χ3n) is 3.31. The minimum absolute atomic E-state index is 0.0820. The lowest BCUT2D eigenvalue weighted by molar-refractivity contribution is -0.141. The van der Waals surface area contributed by atoms with Crippen LogP contribution in [-0.2, 0) is 4.79 Å². The van der Waals surface area contributed by atoms with Crippen LogP contribution in [0.5, 0.6) is 0 Å². The van der Waals surface area contributed by atoms with E-state index in [2.05, 4.69) is 15.9 Å². The number of benzene rings is 1. The summed E-state index contributed by atoms with van der Waals surface area (Å²) in [7, 11) is 0. The normalized spacial score (nSPS) is 21.9. The van der Waals surface area contributed by atoms with Gasteiger partial charge in [0.25, 0.3) is 5.91 Å². The summed E-state index contributed by atoms with van der Waals surface area (Å²) in [5.41, 5.74) is -0.108. The molecule has 0 aliphatic carbocycles. The largest absolute Gasteiger partial charge is 0.480 e. The summed E-state index contributed by atoms with van der Waals surface area (Å²) in [6, 6.07) is 3.51. The summed E-state index contributed by atoms with van der Waals surface area (Å²) in [4.78, 5) is 25.3. The quantitative estimate of drug-likeness (QED) is 0.880. The average Bonchev–Trinajstić information content (AvgIpc) is 2.86. The zero-order valence-corrected chi connectivity index (χ0v) is 13.9. The molecule has 0 bridgehead atoms. The zero-order valence-electron chi connectivity index (χ0n) is 11.5. The number of carbonyl (C=O) groups excluding carboxylic acids is 1. The van der Waals surface area contributed by atoms with E-state index in [0.29, 0.717) is 5.75 Å². The number of hydrogen-bond acceptors (Lipinski definition) is 3. The van der Waals surface area contributed by atoms with E-state index in [4.69, 9.17) is 0 Å². The standard InChI is InChI=1S/C14H15BrFNO3S/c1-7(2)13-17(10(6-21-13)14(19)20)12(18)8-4-3-5-9(15)11(8)16/h3-5,7,10,13H,6H2,1-2H3,(H,19,20). The van der Waals surface area contributed by atoms with Crippen molar-refractivity contribution in [2.24, 2.45) is 5.92 Å². The predicted molar refractivity (Wildman–Crippen MR) is 82.8 cm³/mol. The Balaban J connectivity index is 2.42. The second kappa shape index (κ2) is 6.36. The minimum atomic E-state index is -1.06. The van der Waals surface area contributed by atoms with E-state index in [1.165, 1.54) is 28.8 Å². The van der Waals surface area contributed by atoms with Crippen LogP contribution >= 0.6 is 27.7 Å². The highest BCUT2D eigenvalue weighted by atomic mass is 79.9. The molecule has 1 amide bonds. The van der Waals surface area contributed by atoms with Crippen molar-refractivity contribution in [2.75, 3.05) is 5.75 Å². The molecule has 0 aromatic heterocycles. The summed E-state index contributed by atoms with van der Waals surface area (Å²) in [5.74, 6) is -1.90. The molecule has 0 saturated carbocycles. The number of rotatable bonds is 3. The first-order valence-electron chi connectivity index (χ1n) is 6.45. The van der Waals surface area contributed by atoms with Crippen LogP contribution in [0.4, 0.5) is 4.39 Å². The topological polar surface area (TPSA) is 57.6 Å². The second-order valence-corrected chi connectivity index (χ2v) is 7.14. The fraction of sp³-hybridized carbons (Fsp3) is 0.429. The molecule has 1 aromatic rings. The molecular formula is C14H15BrFNO3S. The molecular weight excluding hydrogens is 361 g/mol. The van der Waals surface area contributed by atoms with E-state index in [1.807, 2.05) is 13.8 Å². The number of carboxylic acids is 1. The monoisotopic (exact) mass is 375 g/mol. The number of thioether (sulfide) groups is 1. The summed E-state index contributed by atoms with van der Waals surface area (Å²) in [6.07, 6.45) is 0. The van der Waals surface area contributed by atoms with E-state index in [1.54, 1.807) is 6.07 Å². The molecule has 1 N–H and O–H groups in total. The molecule has 0 radical (unpaired) electrons. The van der Waals surface area contributed by atoms with E-state index in [9.17, 15) is 19.1 Å². The van der Waals surface area contributed by atoms with Crippen LogP contribution in [-0.4, -0.2) is 39.1 Å². The first-order valence-corrected chi connectivity index (χ1v) is 8.29. The van der Waals surface area contributed by atoms with E-state index >= 15 is 0 Å². The highest BCUT2D eigenvalue weighted by Gasteiger charge is 2.43. The van der Waals surface area contributed by atoms with Crippen molar-refractivity contribution in [3.8, 4) is 0 Å². The lowest BCUT2D eigenvalue weighted by Gasteiger charge is -2.30. The van der Waals surface area contributed by atoms with Crippen LogP contribution in [0.15, 0.2) is 22.7 Å². The lowest BCUT2D eigenvalue weighted by atomic mass is 10.1.